The van der Waals surface area contributed by atoms with Crippen LogP contribution in [-0.4, -0.2) is 15.1 Å². The predicted molar refractivity (Wildman–Crippen MR) is 63.1 cm³/mol. The Hall–Kier alpha value is -1.61. The number of rotatable bonds is 4. The lowest BCUT2D eigenvalue weighted by Gasteiger charge is -2.12. The van der Waals surface area contributed by atoms with Crippen molar-refractivity contribution in [1.82, 2.24) is 9.97 Å². The number of hydrogen-bond donors (Lipinski definition) is 2. The van der Waals surface area contributed by atoms with Crippen molar-refractivity contribution in [2.45, 2.75) is 25.9 Å². The van der Waals surface area contributed by atoms with Gasteiger partial charge in [0, 0.05) is 5.92 Å². The molecule has 2 aromatic rings. The van der Waals surface area contributed by atoms with Crippen LogP contribution in [0, 0.1) is 0 Å². The van der Waals surface area contributed by atoms with Crippen LogP contribution in [0.3, 0.4) is 0 Å². The molecule has 3 heteroatoms. The molecule has 1 unspecified atom stereocenters. The summed E-state index contributed by atoms with van der Waals surface area (Å²) >= 11 is 0. The first-order valence-corrected chi connectivity index (χ1v) is 5.54. The van der Waals surface area contributed by atoms with Crippen LogP contribution in [0.15, 0.2) is 36.5 Å². The largest absolute Gasteiger partial charge is 0.390 e. The van der Waals surface area contributed by atoms with Crippen molar-refractivity contribution in [3.63, 3.8) is 0 Å². The number of aromatic amines is 1. The van der Waals surface area contributed by atoms with Gasteiger partial charge in [-0.15, -0.1) is 0 Å². The van der Waals surface area contributed by atoms with Gasteiger partial charge in [-0.2, -0.15) is 0 Å². The van der Waals surface area contributed by atoms with Crippen LogP contribution in [0.5, 0.6) is 0 Å². The number of nitrogens with zero attached hydrogens (tertiary/aromatic N) is 1. The Morgan fingerprint density at radius 2 is 2.06 bits per heavy atom. The van der Waals surface area contributed by atoms with Gasteiger partial charge in [-0.05, 0) is 12.0 Å². The molecule has 1 aromatic carbocycles. The van der Waals surface area contributed by atoms with Crippen molar-refractivity contribution >= 4 is 0 Å². The van der Waals surface area contributed by atoms with Crippen molar-refractivity contribution < 1.29 is 5.11 Å². The van der Waals surface area contributed by atoms with E-state index >= 15 is 0 Å². The number of aliphatic hydroxyl groups excluding tert-OH is 1. The summed E-state index contributed by atoms with van der Waals surface area (Å²) in [5.74, 6) is 1.21. The first kappa shape index (κ1) is 10.9. The zero-order valence-corrected chi connectivity index (χ0v) is 9.35. The molecule has 0 saturated carbocycles. The first-order chi connectivity index (χ1) is 7.85. The summed E-state index contributed by atoms with van der Waals surface area (Å²) in [6, 6.07) is 10.3. The number of hydrogen-bond acceptors (Lipinski definition) is 2. The van der Waals surface area contributed by atoms with Crippen molar-refractivity contribution in [3.8, 4) is 0 Å². The molecule has 84 valence electrons. The molecule has 0 radical (unpaired) electrons. The van der Waals surface area contributed by atoms with Gasteiger partial charge >= 0.3 is 0 Å². The van der Waals surface area contributed by atoms with Gasteiger partial charge < -0.3 is 10.1 Å². The minimum absolute atomic E-state index is 0.0121. The van der Waals surface area contributed by atoms with Gasteiger partial charge in [0.15, 0.2) is 0 Å². The second-order valence-electron chi connectivity index (χ2n) is 3.82. The van der Waals surface area contributed by atoms with Crippen LogP contribution in [0.2, 0.25) is 0 Å². The van der Waals surface area contributed by atoms with E-state index in [1.807, 2.05) is 18.2 Å². The number of H-pyrrole nitrogens is 1. The van der Waals surface area contributed by atoms with Crippen molar-refractivity contribution in [2.24, 2.45) is 0 Å². The van der Waals surface area contributed by atoms with Gasteiger partial charge in [0.2, 0.25) is 0 Å². The summed E-state index contributed by atoms with van der Waals surface area (Å²) < 4.78 is 0. The SMILES string of the molecule is CCC(c1ccccc1)c1ncc(CO)[nH]1. The monoisotopic (exact) mass is 216 g/mol. The lowest BCUT2D eigenvalue weighted by Crippen LogP contribution is -2.02. The molecule has 0 aliphatic rings. The topological polar surface area (TPSA) is 48.9 Å². The molecular formula is C13H16N2O. The highest BCUT2D eigenvalue weighted by Crippen LogP contribution is 2.25. The number of nitrogens with one attached hydrogen (secondary N) is 1. The Bertz CT molecular complexity index is 436. The van der Waals surface area contributed by atoms with Crippen molar-refractivity contribution in [2.75, 3.05) is 0 Å². The third-order valence-electron chi connectivity index (χ3n) is 2.76. The van der Waals surface area contributed by atoms with Crippen LogP contribution in [0.25, 0.3) is 0 Å². The van der Waals surface area contributed by atoms with E-state index in [9.17, 15) is 0 Å². The lowest BCUT2D eigenvalue weighted by atomic mass is 9.96. The molecule has 0 bridgehead atoms. The molecule has 0 saturated heterocycles. The Morgan fingerprint density at radius 1 is 1.31 bits per heavy atom. The summed E-state index contributed by atoms with van der Waals surface area (Å²) in [7, 11) is 0. The van der Waals surface area contributed by atoms with E-state index in [0.717, 1.165) is 17.9 Å². The Morgan fingerprint density at radius 3 is 2.62 bits per heavy atom. The molecule has 16 heavy (non-hydrogen) atoms. The third kappa shape index (κ3) is 2.14. The molecule has 2 rings (SSSR count). The van der Waals surface area contributed by atoms with E-state index in [-0.39, 0.29) is 12.5 Å². The number of aliphatic hydroxyl groups is 1. The molecular weight excluding hydrogens is 200 g/mol. The van der Waals surface area contributed by atoms with Crippen LogP contribution >= 0.6 is 0 Å². The highest BCUT2D eigenvalue weighted by molar-refractivity contribution is 5.25. The molecule has 2 N–H and O–H groups in total. The maximum atomic E-state index is 9.00. The molecule has 0 fully saturated rings. The van der Waals surface area contributed by atoms with E-state index in [0.29, 0.717) is 0 Å². The highest BCUT2D eigenvalue weighted by atomic mass is 16.3. The van der Waals surface area contributed by atoms with Gasteiger partial charge in [0.1, 0.15) is 5.82 Å². The minimum Gasteiger partial charge on any atom is -0.390 e. The molecule has 0 amide bonds. The summed E-state index contributed by atoms with van der Waals surface area (Å²) in [6.07, 6.45) is 2.68. The fourth-order valence-corrected chi connectivity index (χ4v) is 1.91. The normalized spacial score (nSPS) is 12.6. The maximum Gasteiger partial charge on any atom is 0.113 e. The zero-order valence-electron chi connectivity index (χ0n) is 9.35. The fourth-order valence-electron chi connectivity index (χ4n) is 1.91. The average molecular weight is 216 g/mol. The van der Waals surface area contributed by atoms with E-state index in [1.54, 1.807) is 6.20 Å². The molecule has 0 aliphatic carbocycles. The van der Waals surface area contributed by atoms with E-state index in [2.05, 4.69) is 29.0 Å². The molecule has 3 nitrogen and oxygen atoms in total. The first-order valence-electron chi connectivity index (χ1n) is 5.54. The minimum atomic E-state index is 0.0121. The Labute approximate surface area is 95.2 Å². The molecule has 0 aliphatic heterocycles. The Kier molecular flexibility index (Phi) is 3.37. The highest BCUT2D eigenvalue weighted by Gasteiger charge is 2.14. The average Bonchev–Trinajstić information content (AvgIpc) is 2.80. The van der Waals surface area contributed by atoms with E-state index in [1.165, 1.54) is 5.56 Å². The predicted octanol–water partition coefficient (Wildman–Crippen LogP) is 2.44. The number of benzene rings is 1. The Balaban J connectivity index is 2.29. The second kappa shape index (κ2) is 4.94. The zero-order chi connectivity index (χ0) is 11.4. The van der Waals surface area contributed by atoms with Gasteiger partial charge in [-0.25, -0.2) is 4.98 Å². The smallest absolute Gasteiger partial charge is 0.113 e. The van der Waals surface area contributed by atoms with E-state index < -0.39 is 0 Å². The van der Waals surface area contributed by atoms with Gasteiger partial charge in [-0.1, -0.05) is 37.3 Å². The summed E-state index contributed by atoms with van der Waals surface area (Å²) in [6.45, 7) is 2.15. The number of imidazole rings is 1. The summed E-state index contributed by atoms with van der Waals surface area (Å²) in [4.78, 5) is 7.47. The summed E-state index contributed by atoms with van der Waals surface area (Å²) in [5.41, 5.74) is 2.02. The molecule has 0 spiro atoms. The quantitative estimate of drug-likeness (QED) is 0.824. The van der Waals surface area contributed by atoms with Crippen LogP contribution in [0.4, 0.5) is 0 Å². The van der Waals surface area contributed by atoms with Crippen LogP contribution in [0.1, 0.15) is 36.3 Å². The third-order valence-corrected chi connectivity index (χ3v) is 2.76. The van der Waals surface area contributed by atoms with Crippen molar-refractivity contribution in [3.05, 3.63) is 53.6 Å². The van der Waals surface area contributed by atoms with Gasteiger partial charge in [-0.3, -0.25) is 0 Å². The second-order valence-corrected chi connectivity index (χ2v) is 3.82. The maximum absolute atomic E-state index is 9.00. The van der Waals surface area contributed by atoms with Gasteiger partial charge in [0.25, 0.3) is 0 Å². The fraction of sp³-hybridized carbons (Fsp3) is 0.308. The number of aromatic nitrogens is 2. The molecule has 1 aromatic heterocycles. The summed E-state index contributed by atoms with van der Waals surface area (Å²) in [5, 5.41) is 9.00. The van der Waals surface area contributed by atoms with Crippen LogP contribution < -0.4 is 0 Å². The standard InChI is InChI=1S/C13H16N2O/c1-2-12(10-6-4-3-5-7-10)13-14-8-11(9-16)15-13/h3-8,12,16H,2,9H2,1H3,(H,14,15). The van der Waals surface area contributed by atoms with Crippen LogP contribution in [-0.2, 0) is 6.61 Å². The van der Waals surface area contributed by atoms with Gasteiger partial charge in [0.05, 0.1) is 18.5 Å². The lowest BCUT2D eigenvalue weighted by molar-refractivity contribution is 0.277. The van der Waals surface area contributed by atoms with E-state index in [4.69, 9.17) is 5.11 Å². The molecule has 1 heterocycles. The molecule has 1 atom stereocenters. The van der Waals surface area contributed by atoms with Crippen molar-refractivity contribution in [1.29, 1.82) is 0 Å².